The highest BCUT2D eigenvalue weighted by atomic mass is 32.1. The third-order valence-corrected chi connectivity index (χ3v) is 2.06. The number of hydrogen-bond acceptors (Lipinski definition) is 2. The zero-order valence-electron chi connectivity index (χ0n) is 7.21. The van der Waals surface area contributed by atoms with Crippen molar-refractivity contribution >= 4 is 12.6 Å². The van der Waals surface area contributed by atoms with Gasteiger partial charge in [-0.3, -0.25) is 0 Å². The van der Waals surface area contributed by atoms with E-state index in [9.17, 15) is 4.39 Å². The summed E-state index contributed by atoms with van der Waals surface area (Å²) in [7, 11) is 3.89. The van der Waals surface area contributed by atoms with Gasteiger partial charge in [-0.15, -0.1) is 12.6 Å². The minimum absolute atomic E-state index is 0.252. The van der Waals surface area contributed by atoms with Crippen LogP contribution in [0.5, 0.6) is 0 Å². The number of halogens is 1. The second kappa shape index (κ2) is 3.92. The summed E-state index contributed by atoms with van der Waals surface area (Å²) < 4.78 is 12.9. The molecule has 0 atom stereocenters. The number of hydrogen-bond donors (Lipinski definition) is 1. The van der Waals surface area contributed by atoms with Crippen LogP contribution in [-0.2, 0) is 6.54 Å². The number of thiol groups is 1. The predicted octanol–water partition coefficient (Wildman–Crippen LogP) is 2.18. The second-order valence-electron chi connectivity index (χ2n) is 2.99. The number of nitrogens with zero attached hydrogens (tertiary/aromatic N) is 1. The van der Waals surface area contributed by atoms with Gasteiger partial charge in [0.1, 0.15) is 5.82 Å². The lowest BCUT2D eigenvalue weighted by molar-refractivity contribution is 0.397. The van der Waals surface area contributed by atoms with E-state index >= 15 is 0 Å². The van der Waals surface area contributed by atoms with Crippen molar-refractivity contribution in [2.45, 2.75) is 11.4 Å². The fourth-order valence-corrected chi connectivity index (χ4v) is 1.25. The quantitative estimate of drug-likeness (QED) is 0.691. The van der Waals surface area contributed by atoms with Crippen LogP contribution in [0.25, 0.3) is 0 Å². The van der Waals surface area contributed by atoms with Crippen molar-refractivity contribution in [2.75, 3.05) is 14.1 Å². The maximum atomic E-state index is 12.9. The maximum Gasteiger partial charge on any atom is 0.136 e. The molecule has 0 saturated carbocycles. The minimum Gasteiger partial charge on any atom is -0.305 e. The molecular formula is C9H12FNS. The molecule has 0 N–H and O–H groups in total. The summed E-state index contributed by atoms with van der Waals surface area (Å²) >= 11 is 4.08. The molecule has 1 rings (SSSR count). The summed E-state index contributed by atoms with van der Waals surface area (Å²) in [4.78, 5) is 2.43. The van der Waals surface area contributed by atoms with Crippen molar-refractivity contribution < 1.29 is 4.39 Å². The van der Waals surface area contributed by atoms with E-state index in [0.717, 1.165) is 12.1 Å². The summed E-state index contributed by atoms with van der Waals surface area (Å²) in [6.07, 6.45) is 0. The van der Waals surface area contributed by atoms with E-state index in [-0.39, 0.29) is 5.82 Å². The van der Waals surface area contributed by atoms with Crippen LogP contribution in [0.3, 0.4) is 0 Å². The van der Waals surface area contributed by atoms with Crippen molar-refractivity contribution in [2.24, 2.45) is 0 Å². The number of rotatable bonds is 2. The number of benzene rings is 1. The average Bonchev–Trinajstić information content (AvgIpc) is 1.98. The lowest BCUT2D eigenvalue weighted by atomic mass is 10.2. The first-order valence-electron chi connectivity index (χ1n) is 3.72. The van der Waals surface area contributed by atoms with Gasteiger partial charge in [-0.05, 0) is 25.7 Å². The molecule has 66 valence electrons. The van der Waals surface area contributed by atoms with Gasteiger partial charge >= 0.3 is 0 Å². The van der Waals surface area contributed by atoms with Gasteiger partial charge in [0.15, 0.2) is 0 Å². The molecule has 0 saturated heterocycles. The van der Waals surface area contributed by atoms with Gasteiger partial charge in [0.25, 0.3) is 0 Å². The zero-order valence-corrected chi connectivity index (χ0v) is 8.11. The van der Waals surface area contributed by atoms with Crippen LogP contribution in [0.15, 0.2) is 23.1 Å². The SMILES string of the molecule is CN(C)Cc1cccc(F)c1S. The van der Waals surface area contributed by atoms with Gasteiger partial charge < -0.3 is 4.90 Å². The molecule has 0 spiro atoms. The molecule has 1 nitrogen and oxygen atoms in total. The van der Waals surface area contributed by atoms with Gasteiger partial charge in [0.2, 0.25) is 0 Å². The summed E-state index contributed by atoms with van der Waals surface area (Å²) in [6, 6.07) is 5.00. The first-order chi connectivity index (χ1) is 5.61. The van der Waals surface area contributed by atoms with Crippen LogP contribution in [0, 0.1) is 5.82 Å². The smallest absolute Gasteiger partial charge is 0.136 e. The molecule has 0 bridgehead atoms. The molecule has 1 aromatic rings. The van der Waals surface area contributed by atoms with E-state index in [1.807, 2.05) is 25.1 Å². The highest BCUT2D eigenvalue weighted by molar-refractivity contribution is 7.80. The standard InChI is InChI=1S/C9H12FNS/c1-11(2)6-7-4-3-5-8(10)9(7)12/h3-5,12H,6H2,1-2H3. The highest BCUT2D eigenvalue weighted by Gasteiger charge is 2.04. The molecule has 12 heavy (non-hydrogen) atoms. The fourth-order valence-electron chi connectivity index (χ4n) is 1.03. The Morgan fingerprint density at radius 2 is 2.08 bits per heavy atom. The molecule has 0 aliphatic carbocycles. The summed E-state index contributed by atoms with van der Waals surface area (Å²) in [5.41, 5.74) is 0.920. The van der Waals surface area contributed by atoms with Crippen LogP contribution < -0.4 is 0 Å². The van der Waals surface area contributed by atoms with E-state index < -0.39 is 0 Å². The Hall–Kier alpha value is -0.540. The Morgan fingerprint density at radius 3 is 2.67 bits per heavy atom. The van der Waals surface area contributed by atoms with Crippen LogP contribution in [0.1, 0.15) is 5.56 Å². The average molecular weight is 185 g/mol. The van der Waals surface area contributed by atoms with E-state index in [2.05, 4.69) is 12.6 Å². The Labute approximate surface area is 77.6 Å². The molecule has 0 radical (unpaired) electrons. The first kappa shape index (κ1) is 9.55. The fraction of sp³-hybridized carbons (Fsp3) is 0.333. The predicted molar refractivity (Wildman–Crippen MR) is 51.0 cm³/mol. The largest absolute Gasteiger partial charge is 0.305 e. The van der Waals surface area contributed by atoms with E-state index in [1.165, 1.54) is 6.07 Å². The molecule has 0 aliphatic rings. The van der Waals surface area contributed by atoms with E-state index in [0.29, 0.717) is 4.90 Å². The summed E-state index contributed by atoms with van der Waals surface area (Å²) in [5, 5.41) is 0. The Balaban J connectivity index is 2.92. The molecule has 0 aliphatic heterocycles. The van der Waals surface area contributed by atoms with Crippen LogP contribution in [-0.4, -0.2) is 19.0 Å². The Kier molecular flexibility index (Phi) is 3.12. The molecule has 0 unspecified atom stereocenters. The van der Waals surface area contributed by atoms with Crippen molar-refractivity contribution in [3.8, 4) is 0 Å². The third-order valence-electron chi connectivity index (χ3n) is 1.56. The van der Waals surface area contributed by atoms with Crippen LogP contribution in [0.4, 0.5) is 4.39 Å². The van der Waals surface area contributed by atoms with Gasteiger partial charge in [0.05, 0.1) is 0 Å². The molecule has 0 heterocycles. The van der Waals surface area contributed by atoms with Crippen LogP contribution in [0.2, 0.25) is 0 Å². The van der Waals surface area contributed by atoms with E-state index in [1.54, 1.807) is 6.07 Å². The molecule has 1 aromatic carbocycles. The van der Waals surface area contributed by atoms with Gasteiger partial charge in [-0.2, -0.15) is 0 Å². The Bertz CT molecular complexity index is 273. The van der Waals surface area contributed by atoms with Crippen molar-refractivity contribution in [1.82, 2.24) is 4.90 Å². The van der Waals surface area contributed by atoms with Crippen LogP contribution >= 0.6 is 12.6 Å². The lowest BCUT2D eigenvalue weighted by Crippen LogP contribution is -2.11. The van der Waals surface area contributed by atoms with E-state index in [4.69, 9.17) is 0 Å². The molecule has 3 heteroatoms. The van der Waals surface area contributed by atoms with Crippen molar-refractivity contribution in [1.29, 1.82) is 0 Å². The highest BCUT2D eigenvalue weighted by Crippen LogP contribution is 2.18. The molecular weight excluding hydrogens is 173 g/mol. The zero-order chi connectivity index (χ0) is 9.14. The Morgan fingerprint density at radius 1 is 1.42 bits per heavy atom. The van der Waals surface area contributed by atoms with Gasteiger partial charge in [-0.1, -0.05) is 12.1 Å². The first-order valence-corrected chi connectivity index (χ1v) is 4.17. The molecule has 0 amide bonds. The molecule has 0 aromatic heterocycles. The van der Waals surface area contributed by atoms with Gasteiger partial charge in [-0.25, -0.2) is 4.39 Å². The lowest BCUT2D eigenvalue weighted by Gasteiger charge is -2.11. The third kappa shape index (κ3) is 2.22. The molecule has 0 fully saturated rings. The topological polar surface area (TPSA) is 3.24 Å². The summed E-state index contributed by atoms with van der Waals surface area (Å²) in [5.74, 6) is -0.252. The van der Waals surface area contributed by atoms with Crippen molar-refractivity contribution in [3.05, 3.63) is 29.6 Å². The van der Waals surface area contributed by atoms with Crippen molar-refractivity contribution in [3.63, 3.8) is 0 Å². The van der Waals surface area contributed by atoms with Gasteiger partial charge in [0, 0.05) is 11.4 Å². The maximum absolute atomic E-state index is 12.9. The summed E-state index contributed by atoms with van der Waals surface area (Å²) in [6.45, 7) is 0.719. The normalized spacial score (nSPS) is 10.8. The minimum atomic E-state index is -0.252. The second-order valence-corrected chi connectivity index (χ2v) is 3.43. The monoisotopic (exact) mass is 185 g/mol.